The number of nitrogens with zero attached hydrogens (tertiary/aromatic N) is 2. The Balaban J connectivity index is 1.78. The number of aryl methyl sites for hydroxylation is 2. The van der Waals surface area contributed by atoms with E-state index in [1.807, 2.05) is 38.1 Å². The summed E-state index contributed by atoms with van der Waals surface area (Å²) in [5, 5.41) is 2.25. The van der Waals surface area contributed by atoms with Gasteiger partial charge in [0.05, 0.1) is 10.5 Å². The van der Waals surface area contributed by atoms with Gasteiger partial charge in [-0.3, -0.25) is 9.47 Å². The number of thioether (sulfide) groups is 1. The number of hydrogen-bond donors (Lipinski definition) is 0. The number of fused-ring (bicyclic) bond motifs is 1. The number of aromatic nitrogens is 1. The first-order valence-corrected chi connectivity index (χ1v) is 9.14. The molecule has 4 rings (SSSR count). The van der Waals surface area contributed by atoms with Gasteiger partial charge in [-0.15, -0.1) is 0 Å². The molecule has 1 amide bonds. The van der Waals surface area contributed by atoms with Crippen molar-refractivity contribution in [3.8, 4) is 0 Å². The Hall–Kier alpha value is -2.64. The van der Waals surface area contributed by atoms with E-state index in [4.69, 9.17) is 16.6 Å². The molecule has 1 saturated heterocycles. The van der Waals surface area contributed by atoms with E-state index in [-0.39, 0.29) is 5.91 Å². The summed E-state index contributed by atoms with van der Waals surface area (Å²) in [5.41, 5.74) is 2.17. The largest absolute Gasteiger partial charge is 0.422 e. The number of rotatable bonds is 2. The second kappa shape index (κ2) is 6.26. The van der Waals surface area contributed by atoms with E-state index in [0.29, 0.717) is 20.4 Å². The van der Waals surface area contributed by atoms with E-state index < -0.39 is 5.63 Å². The van der Waals surface area contributed by atoms with E-state index in [1.54, 1.807) is 29.0 Å². The molecule has 0 atom stereocenters. The van der Waals surface area contributed by atoms with Crippen LogP contribution in [0.25, 0.3) is 17.0 Å². The SMILES string of the molecule is Cc1ccc(C)n1N1C(=O)C(=Cc2cc3ccccc3oc2=O)SC1=S. The molecule has 1 fully saturated rings. The van der Waals surface area contributed by atoms with Gasteiger partial charge in [-0.2, -0.15) is 5.01 Å². The molecule has 1 aliphatic rings. The minimum Gasteiger partial charge on any atom is -0.422 e. The Kier molecular flexibility index (Phi) is 4.05. The van der Waals surface area contributed by atoms with Gasteiger partial charge in [-0.25, -0.2) is 4.79 Å². The van der Waals surface area contributed by atoms with Crippen molar-refractivity contribution < 1.29 is 9.21 Å². The molecule has 0 unspecified atom stereocenters. The minimum atomic E-state index is -0.484. The standard InChI is InChI=1S/C19H14N2O3S2/c1-11-7-8-12(2)20(11)21-17(22)16(26-19(21)25)10-14-9-13-5-3-4-6-15(13)24-18(14)23/h3-10H,1-2H3. The molecule has 26 heavy (non-hydrogen) atoms. The zero-order valence-corrected chi connectivity index (χ0v) is 15.7. The van der Waals surface area contributed by atoms with Gasteiger partial charge in [0, 0.05) is 16.8 Å². The van der Waals surface area contributed by atoms with Crippen LogP contribution in [0.3, 0.4) is 0 Å². The molecule has 5 nitrogen and oxygen atoms in total. The van der Waals surface area contributed by atoms with Gasteiger partial charge in [-0.05, 0) is 56.4 Å². The van der Waals surface area contributed by atoms with Gasteiger partial charge in [0.2, 0.25) is 0 Å². The lowest BCUT2D eigenvalue weighted by Crippen LogP contribution is -2.39. The Morgan fingerprint density at radius 3 is 2.50 bits per heavy atom. The quantitative estimate of drug-likeness (QED) is 0.384. The van der Waals surface area contributed by atoms with Crippen molar-refractivity contribution in [1.29, 1.82) is 0 Å². The number of thiocarbonyl (C=S) groups is 1. The van der Waals surface area contributed by atoms with E-state index in [9.17, 15) is 9.59 Å². The van der Waals surface area contributed by atoms with Gasteiger partial charge >= 0.3 is 5.63 Å². The van der Waals surface area contributed by atoms with Gasteiger partial charge < -0.3 is 4.42 Å². The number of carbonyl (C=O) groups excluding carboxylic acids is 1. The summed E-state index contributed by atoms with van der Waals surface area (Å²) in [4.78, 5) is 25.5. The second-order valence-electron chi connectivity index (χ2n) is 5.95. The summed E-state index contributed by atoms with van der Waals surface area (Å²) in [6.45, 7) is 3.82. The molecule has 0 radical (unpaired) electrons. The molecular weight excluding hydrogens is 368 g/mol. The molecule has 3 heterocycles. The molecule has 1 aliphatic heterocycles. The molecule has 130 valence electrons. The minimum absolute atomic E-state index is 0.255. The Morgan fingerprint density at radius 1 is 1.08 bits per heavy atom. The van der Waals surface area contributed by atoms with Crippen LogP contribution >= 0.6 is 24.0 Å². The third kappa shape index (κ3) is 2.69. The lowest BCUT2D eigenvalue weighted by atomic mass is 10.2. The van der Waals surface area contributed by atoms with Crippen LogP contribution in [0.15, 0.2) is 56.6 Å². The second-order valence-corrected chi connectivity index (χ2v) is 7.62. The summed E-state index contributed by atoms with van der Waals surface area (Å²) in [6.07, 6.45) is 1.55. The Morgan fingerprint density at radius 2 is 1.77 bits per heavy atom. The number of amides is 1. The number of para-hydroxylation sites is 1. The van der Waals surface area contributed by atoms with Gasteiger partial charge in [-0.1, -0.05) is 30.0 Å². The van der Waals surface area contributed by atoms with Gasteiger partial charge in [0.25, 0.3) is 5.91 Å². The monoisotopic (exact) mass is 382 g/mol. The maximum atomic E-state index is 12.9. The van der Waals surface area contributed by atoms with Crippen molar-refractivity contribution in [3.05, 3.63) is 74.7 Å². The van der Waals surface area contributed by atoms with Crippen molar-refractivity contribution in [2.45, 2.75) is 13.8 Å². The Labute approximate surface area is 158 Å². The molecule has 0 bridgehead atoms. The summed E-state index contributed by atoms with van der Waals surface area (Å²) < 4.78 is 7.53. The van der Waals surface area contributed by atoms with Gasteiger partial charge in [0.15, 0.2) is 4.32 Å². The fourth-order valence-corrected chi connectivity index (χ4v) is 4.16. The maximum Gasteiger partial charge on any atom is 0.343 e. The average molecular weight is 382 g/mol. The van der Waals surface area contributed by atoms with Crippen LogP contribution in [0.4, 0.5) is 0 Å². The summed E-state index contributed by atoms with van der Waals surface area (Å²) in [5.74, 6) is -0.255. The first-order chi connectivity index (χ1) is 12.5. The van der Waals surface area contributed by atoms with Crippen molar-refractivity contribution in [1.82, 2.24) is 4.68 Å². The maximum absolute atomic E-state index is 12.9. The third-order valence-electron chi connectivity index (χ3n) is 4.16. The first-order valence-electron chi connectivity index (χ1n) is 7.92. The van der Waals surface area contributed by atoms with Crippen LogP contribution in [0.1, 0.15) is 17.0 Å². The first kappa shape index (κ1) is 16.8. The molecular formula is C19H14N2O3S2. The molecule has 7 heteroatoms. The molecule has 0 spiro atoms. The molecule has 2 aromatic heterocycles. The third-order valence-corrected chi connectivity index (χ3v) is 5.45. The molecule has 3 aromatic rings. The van der Waals surface area contributed by atoms with Crippen LogP contribution in [0.2, 0.25) is 0 Å². The van der Waals surface area contributed by atoms with E-state index in [1.165, 1.54) is 16.8 Å². The molecule has 0 aliphatic carbocycles. The molecule has 1 aromatic carbocycles. The highest BCUT2D eigenvalue weighted by Crippen LogP contribution is 2.32. The lowest BCUT2D eigenvalue weighted by molar-refractivity contribution is -0.114. The number of carbonyl (C=O) groups is 1. The highest BCUT2D eigenvalue weighted by molar-refractivity contribution is 8.27. The van der Waals surface area contributed by atoms with Crippen molar-refractivity contribution in [2.75, 3.05) is 5.01 Å². The Bertz CT molecular complexity index is 1140. The fraction of sp³-hybridized carbons (Fsp3) is 0.105. The zero-order valence-electron chi connectivity index (χ0n) is 14.1. The van der Waals surface area contributed by atoms with Crippen LogP contribution in [0.5, 0.6) is 0 Å². The molecule has 0 N–H and O–H groups in total. The van der Waals surface area contributed by atoms with Crippen molar-refractivity contribution in [2.24, 2.45) is 0 Å². The van der Waals surface area contributed by atoms with Crippen LogP contribution in [-0.4, -0.2) is 14.9 Å². The number of benzene rings is 1. The van der Waals surface area contributed by atoms with Gasteiger partial charge in [0.1, 0.15) is 5.58 Å². The van der Waals surface area contributed by atoms with Crippen LogP contribution in [0, 0.1) is 13.8 Å². The predicted molar refractivity (Wildman–Crippen MR) is 108 cm³/mol. The number of hydrogen-bond acceptors (Lipinski definition) is 5. The molecule has 0 saturated carbocycles. The van der Waals surface area contributed by atoms with Crippen molar-refractivity contribution in [3.63, 3.8) is 0 Å². The summed E-state index contributed by atoms with van der Waals surface area (Å²) in [6, 6.07) is 12.8. The van der Waals surface area contributed by atoms with Crippen molar-refractivity contribution >= 4 is 51.3 Å². The lowest BCUT2D eigenvalue weighted by Gasteiger charge is -2.20. The fourth-order valence-electron chi connectivity index (χ4n) is 2.93. The van der Waals surface area contributed by atoms with E-state index in [0.717, 1.165) is 16.8 Å². The zero-order chi connectivity index (χ0) is 18.4. The highest BCUT2D eigenvalue weighted by atomic mass is 32.2. The van der Waals surface area contributed by atoms with Crippen LogP contribution in [-0.2, 0) is 4.79 Å². The van der Waals surface area contributed by atoms with E-state index >= 15 is 0 Å². The smallest absolute Gasteiger partial charge is 0.343 e. The predicted octanol–water partition coefficient (Wildman–Crippen LogP) is 3.75. The summed E-state index contributed by atoms with van der Waals surface area (Å²) >= 11 is 6.57. The normalized spacial score (nSPS) is 16.2. The highest BCUT2D eigenvalue weighted by Gasteiger charge is 2.35. The topological polar surface area (TPSA) is 55.5 Å². The summed E-state index contributed by atoms with van der Waals surface area (Å²) in [7, 11) is 0. The van der Waals surface area contributed by atoms with E-state index in [2.05, 4.69) is 0 Å². The van der Waals surface area contributed by atoms with Crippen LogP contribution < -0.4 is 10.6 Å². The average Bonchev–Trinajstić information content (AvgIpc) is 3.07.